The summed E-state index contributed by atoms with van der Waals surface area (Å²) in [4.78, 5) is 0. The number of quaternary nitrogens is 1. The van der Waals surface area contributed by atoms with Gasteiger partial charge in [0.25, 0.3) is 0 Å². The average Bonchev–Trinajstić information content (AvgIpc) is 2.47. The Kier molecular flexibility index (Phi) is 4.96. The Morgan fingerprint density at radius 2 is 1.80 bits per heavy atom. The minimum atomic E-state index is -0.199. The summed E-state index contributed by atoms with van der Waals surface area (Å²) >= 11 is 0. The standard InChI is InChI=1S/C16H18FNO2/c1-19-15-8-4-6-13(16(15)20-2)11-18-10-12-5-3-7-14(17)9-12/h3-9,18H,10-11H2,1-2H3/p+1. The zero-order valence-corrected chi connectivity index (χ0v) is 11.7. The van der Waals surface area contributed by atoms with Gasteiger partial charge in [-0.2, -0.15) is 0 Å². The molecule has 2 N–H and O–H groups in total. The maximum Gasteiger partial charge on any atom is 0.169 e. The van der Waals surface area contributed by atoms with Crippen molar-refractivity contribution in [3.63, 3.8) is 0 Å². The zero-order chi connectivity index (χ0) is 14.4. The molecule has 0 unspecified atom stereocenters. The molecular weight excluding hydrogens is 257 g/mol. The van der Waals surface area contributed by atoms with Crippen molar-refractivity contribution >= 4 is 0 Å². The van der Waals surface area contributed by atoms with Crippen molar-refractivity contribution in [1.82, 2.24) is 0 Å². The van der Waals surface area contributed by atoms with E-state index in [9.17, 15) is 4.39 Å². The molecule has 0 heterocycles. The quantitative estimate of drug-likeness (QED) is 0.877. The molecule has 3 nitrogen and oxygen atoms in total. The van der Waals surface area contributed by atoms with Crippen LogP contribution in [-0.2, 0) is 13.1 Å². The van der Waals surface area contributed by atoms with E-state index in [0.29, 0.717) is 0 Å². The topological polar surface area (TPSA) is 35.1 Å². The fourth-order valence-electron chi connectivity index (χ4n) is 2.17. The van der Waals surface area contributed by atoms with Gasteiger partial charge in [-0.3, -0.25) is 0 Å². The molecule has 0 bridgehead atoms. The van der Waals surface area contributed by atoms with Crippen molar-refractivity contribution in [3.8, 4) is 11.5 Å². The summed E-state index contributed by atoms with van der Waals surface area (Å²) in [6, 6.07) is 12.5. The second kappa shape index (κ2) is 6.91. The Labute approximate surface area is 118 Å². The largest absolute Gasteiger partial charge is 0.493 e. The predicted molar refractivity (Wildman–Crippen MR) is 75.3 cm³/mol. The zero-order valence-electron chi connectivity index (χ0n) is 11.7. The number of halogens is 1. The van der Waals surface area contributed by atoms with Gasteiger partial charge >= 0.3 is 0 Å². The van der Waals surface area contributed by atoms with Crippen LogP contribution in [0.2, 0.25) is 0 Å². The van der Waals surface area contributed by atoms with Gasteiger partial charge in [-0.15, -0.1) is 0 Å². The van der Waals surface area contributed by atoms with Crippen molar-refractivity contribution in [2.24, 2.45) is 0 Å². The lowest BCUT2D eigenvalue weighted by Crippen LogP contribution is -2.80. The van der Waals surface area contributed by atoms with Gasteiger partial charge in [0.05, 0.1) is 19.8 Å². The Balaban J connectivity index is 2.01. The maximum absolute atomic E-state index is 13.1. The van der Waals surface area contributed by atoms with E-state index >= 15 is 0 Å². The van der Waals surface area contributed by atoms with Crippen LogP contribution in [0.1, 0.15) is 11.1 Å². The summed E-state index contributed by atoms with van der Waals surface area (Å²) < 4.78 is 23.7. The summed E-state index contributed by atoms with van der Waals surface area (Å²) in [7, 11) is 3.26. The van der Waals surface area contributed by atoms with E-state index in [1.165, 1.54) is 6.07 Å². The van der Waals surface area contributed by atoms with E-state index in [2.05, 4.69) is 5.32 Å². The number of rotatable bonds is 6. The Morgan fingerprint density at radius 1 is 1.00 bits per heavy atom. The van der Waals surface area contributed by atoms with Crippen molar-refractivity contribution in [1.29, 1.82) is 0 Å². The summed E-state index contributed by atoms with van der Waals surface area (Å²) in [5, 5.41) is 2.10. The number of nitrogens with two attached hydrogens (primary N) is 1. The number of benzene rings is 2. The molecule has 0 radical (unpaired) electrons. The van der Waals surface area contributed by atoms with E-state index in [1.807, 2.05) is 24.3 Å². The molecule has 0 aliphatic rings. The normalized spacial score (nSPS) is 10.3. The highest BCUT2D eigenvalue weighted by Crippen LogP contribution is 2.29. The van der Waals surface area contributed by atoms with Crippen LogP contribution in [0.4, 0.5) is 4.39 Å². The fourth-order valence-corrected chi connectivity index (χ4v) is 2.17. The van der Waals surface area contributed by atoms with Crippen LogP contribution in [0, 0.1) is 5.82 Å². The summed E-state index contributed by atoms with van der Waals surface area (Å²) in [6.45, 7) is 1.47. The van der Waals surface area contributed by atoms with Crippen LogP contribution in [0.25, 0.3) is 0 Å². The molecule has 106 valence electrons. The van der Waals surface area contributed by atoms with Crippen molar-refractivity contribution in [2.45, 2.75) is 13.1 Å². The van der Waals surface area contributed by atoms with Crippen LogP contribution in [0.15, 0.2) is 42.5 Å². The first kappa shape index (κ1) is 14.3. The minimum Gasteiger partial charge on any atom is -0.493 e. The molecule has 0 amide bonds. The second-order valence-corrected chi connectivity index (χ2v) is 4.48. The molecule has 0 saturated heterocycles. The van der Waals surface area contributed by atoms with Gasteiger partial charge in [0.2, 0.25) is 0 Å². The van der Waals surface area contributed by atoms with Crippen LogP contribution < -0.4 is 14.8 Å². The van der Waals surface area contributed by atoms with Crippen molar-refractivity contribution < 1.29 is 19.2 Å². The van der Waals surface area contributed by atoms with Gasteiger partial charge in [0, 0.05) is 5.56 Å². The molecular formula is C16H19FNO2+. The monoisotopic (exact) mass is 276 g/mol. The molecule has 0 aromatic heterocycles. The van der Waals surface area contributed by atoms with Crippen molar-refractivity contribution in [2.75, 3.05) is 14.2 Å². The molecule has 0 spiro atoms. The third kappa shape index (κ3) is 3.48. The molecule has 2 aromatic rings. The van der Waals surface area contributed by atoms with Gasteiger partial charge in [0.1, 0.15) is 18.9 Å². The third-order valence-corrected chi connectivity index (χ3v) is 3.12. The summed E-state index contributed by atoms with van der Waals surface area (Å²) in [5.41, 5.74) is 2.02. The lowest BCUT2D eigenvalue weighted by molar-refractivity contribution is -0.686. The van der Waals surface area contributed by atoms with E-state index in [4.69, 9.17) is 9.47 Å². The highest BCUT2D eigenvalue weighted by molar-refractivity contribution is 5.46. The Hall–Kier alpha value is -2.07. The summed E-state index contributed by atoms with van der Waals surface area (Å²) in [5.74, 6) is 1.28. The first-order chi connectivity index (χ1) is 9.74. The van der Waals surface area contributed by atoms with Gasteiger partial charge in [-0.25, -0.2) is 4.39 Å². The van der Waals surface area contributed by atoms with E-state index in [0.717, 1.165) is 35.7 Å². The van der Waals surface area contributed by atoms with E-state index < -0.39 is 0 Å². The SMILES string of the molecule is COc1cccc(C[NH2+]Cc2cccc(F)c2)c1OC. The number of ether oxygens (including phenoxy) is 2. The first-order valence-electron chi connectivity index (χ1n) is 6.50. The molecule has 0 fully saturated rings. The van der Waals surface area contributed by atoms with Crippen LogP contribution in [0.3, 0.4) is 0 Å². The highest BCUT2D eigenvalue weighted by atomic mass is 19.1. The fraction of sp³-hybridized carbons (Fsp3) is 0.250. The van der Waals surface area contributed by atoms with Crippen molar-refractivity contribution in [3.05, 3.63) is 59.4 Å². The number of hydrogen-bond acceptors (Lipinski definition) is 2. The third-order valence-electron chi connectivity index (χ3n) is 3.12. The van der Waals surface area contributed by atoms with Gasteiger partial charge < -0.3 is 14.8 Å². The number of hydrogen-bond donors (Lipinski definition) is 1. The summed E-state index contributed by atoms with van der Waals surface area (Å²) in [6.07, 6.45) is 0. The van der Waals surface area contributed by atoms with Crippen LogP contribution >= 0.6 is 0 Å². The van der Waals surface area contributed by atoms with E-state index in [1.54, 1.807) is 26.4 Å². The minimum absolute atomic E-state index is 0.199. The smallest absolute Gasteiger partial charge is 0.169 e. The van der Waals surface area contributed by atoms with Gasteiger partial charge in [0.15, 0.2) is 11.5 Å². The molecule has 0 atom stereocenters. The average molecular weight is 276 g/mol. The number of para-hydroxylation sites is 1. The number of methoxy groups -OCH3 is 2. The molecule has 20 heavy (non-hydrogen) atoms. The Morgan fingerprint density at radius 3 is 2.50 bits per heavy atom. The first-order valence-corrected chi connectivity index (χ1v) is 6.50. The molecule has 4 heteroatoms. The predicted octanol–water partition coefficient (Wildman–Crippen LogP) is 2.11. The van der Waals surface area contributed by atoms with Crippen LogP contribution in [0.5, 0.6) is 11.5 Å². The van der Waals surface area contributed by atoms with Gasteiger partial charge in [-0.1, -0.05) is 18.2 Å². The molecule has 0 saturated carbocycles. The molecule has 2 aromatic carbocycles. The van der Waals surface area contributed by atoms with Crippen LogP contribution in [-0.4, -0.2) is 14.2 Å². The Bertz CT molecular complexity index is 572. The van der Waals surface area contributed by atoms with E-state index in [-0.39, 0.29) is 5.82 Å². The lowest BCUT2D eigenvalue weighted by atomic mass is 10.1. The van der Waals surface area contributed by atoms with Gasteiger partial charge in [-0.05, 0) is 24.3 Å². The molecule has 0 aliphatic carbocycles. The highest BCUT2D eigenvalue weighted by Gasteiger charge is 2.10. The second-order valence-electron chi connectivity index (χ2n) is 4.48. The maximum atomic E-state index is 13.1. The molecule has 0 aliphatic heterocycles. The molecule has 2 rings (SSSR count). The lowest BCUT2D eigenvalue weighted by Gasteiger charge is -2.11.